The summed E-state index contributed by atoms with van der Waals surface area (Å²) in [6.07, 6.45) is 6.89. The Morgan fingerprint density at radius 1 is 0.688 bits per heavy atom. The highest BCUT2D eigenvalue weighted by atomic mass is 35.5. The summed E-state index contributed by atoms with van der Waals surface area (Å²) in [4.78, 5) is 30.7. The average molecular weight is 909 g/mol. The van der Waals surface area contributed by atoms with Gasteiger partial charge in [0.1, 0.15) is 23.6 Å². The molecule has 8 rings (SSSR count). The van der Waals surface area contributed by atoms with Crippen LogP contribution in [-0.2, 0) is 0 Å². The number of amides is 2. The molecule has 2 aromatic carbocycles. The molecular formula is C46H51Cl2N11O5. The molecule has 4 fully saturated rings. The Morgan fingerprint density at radius 3 is 1.62 bits per heavy atom. The largest absolute Gasteiger partial charge is 0.490 e. The van der Waals surface area contributed by atoms with Crippen LogP contribution < -0.4 is 35.2 Å². The van der Waals surface area contributed by atoms with E-state index in [1.54, 1.807) is 48.5 Å². The van der Waals surface area contributed by atoms with Gasteiger partial charge in [0.25, 0.3) is 11.8 Å². The van der Waals surface area contributed by atoms with E-state index in [1.165, 1.54) is 0 Å². The first-order valence-electron chi connectivity index (χ1n) is 22.0. The normalized spacial score (nSPS) is 24.7. The Bertz CT molecular complexity index is 2350. The van der Waals surface area contributed by atoms with Gasteiger partial charge < -0.3 is 40.3 Å². The Kier molecular flexibility index (Phi) is 14.6. The van der Waals surface area contributed by atoms with E-state index in [0.717, 1.165) is 70.9 Å². The zero-order valence-electron chi connectivity index (χ0n) is 35.3. The first kappa shape index (κ1) is 44.8. The summed E-state index contributed by atoms with van der Waals surface area (Å²) in [6.45, 7) is 3.52. The van der Waals surface area contributed by atoms with Gasteiger partial charge in [0.15, 0.2) is 23.0 Å². The summed E-state index contributed by atoms with van der Waals surface area (Å²) in [7, 11) is 0. The number of ether oxygens (including phenoxy) is 2. The zero-order chi connectivity index (χ0) is 44.6. The Morgan fingerprint density at radius 2 is 1.19 bits per heavy atom. The molecule has 0 spiro atoms. The molecule has 0 bridgehead atoms. The summed E-state index contributed by atoms with van der Waals surface area (Å²) in [6, 6.07) is 21.4. The van der Waals surface area contributed by atoms with Crippen LogP contribution in [0.2, 0.25) is 10.0 Å². The number of anilines is 2. The average Bonchev–Trinajstić information content (AvgIpc) is 3.33. The first-order chi connectivity index (χ1) is 31.2. The third-order valence-corrected chi connectivity index (χ3v) is 13.5. The number of piperidine rings is 1. The number of nitrogens with zero attached hydrogens (tertiary/aromatic N) is 8. The number of carbonyl (C=O) groups excluding carboxylic acids is 2. The van der Waals surface area contributed by atoms with Crippen LogP contribution in [0.5, 0.6) is 11.5 Å². The summed E-state index contributed by atoms with van der Waals surface area (Å²) in [5, 5.41) is 56.9. The second-order valence-corrected chi connectivity index (χ2v) is 17.9. The lowest BCUT2D eigenvalue weighted by Crippen LogP contribution is -2.59. The molecule has 2 saturated carbocycles. The minimum atomic E-state index is -0.264. The molecule has 4 aromatic rings. The lowest BCUT2D eigenvalue weighted by molar-refractivity contribution is 0.0881. The van der Waals surface area contributed by atoms with E-state index in [-0.39, 0.29) is 72.0 Å². The highest BCUT2D eigenvalue weighted by Gasteiger charge is 2.38. The Balaban J connectivity index is 0.792. The Hall–Kier alpha value is -5.78. The van der Waals surface area contributed by atoms with Crippen molar-refractivity contribution in [3.05, 3.63) is 93.2 Å². The number of halogens is 2. The number of hydrogen-bond donors (Lipinski definition) is 4. The monoisotopic (exact) mass is 907 g/mol. The van der Waals surface area contributed by atoms with Gasteiger partial charge in [-0.15, -0.1) is 20.4 Å². The summed E-state index contributed by atoms with van der Waals surface area (Å²) >= 11 is 12.3. The van der Waals surface area contributed by atoms with Crippen LogP contribution in [0.1, 0.15) is 89.9 Å². The number of aromatic nitrogens is 4. The second kappa shape index (κ2) is 20.8. The minimum Gasteiger partial charge on any atom is -0.490 e. The predicted octanol–water partition coefficient (Wildman–Crippen LogP) is 5.47. The smallest absolute Gasteiger partial charge is 0.272 e. The van der Waals surface area contributed by atoms with E-state index >= 15 is 0 Å². The van der Waals surface area contributed by atoms with Crippen LogP contribution in [0, 0.1) is 34.5 Å². The summed E-state index contributed by atoms with van der Waals surface area (Å²) in [5.41, 5.74) is 1.33. The third-order valence-electron chi connectivity index (χ3n) is 12.9. The maximum Gasteiger partial charge on any atom is 0.272 e. The van der Waals surface area contributed by atoms with Crippen molar-refractivity contribution in [2.45, 2.75) is 88.1 Å². The summed E-state index contributed by atoms with van der Waals surface area (Å²) < 4.78 is 12.2. The number of piperazine rings is 1. The molecule has 16 nitrogen and oxygen atoms in total. The number of nitrogens with one attached hydrogen (secondary N) is 3. The van der Waals surface area contributed by atoms with Crippen molar-refractivity contribution in [3.8, 4) is 23.6 Å². The molecule has 2 aliphatic heterocycles. The molecule has 3 atom stereocenters. The van der Waals surface area contributed by atoms with Crippen LogP contribution >= 0.6 is 23.2 Å². The maximum absolute atomic E-state index is 13.2. The molecule has 4 N–H and O–H groups in total. The highest BCUT2D eigenvalue weighted by molar-refractivity contribution is 6.32. The van der Waals surface area contributed by atoms with Crippen LogP contribution in [-0.4, -0.2) is 107 Å². The van der Waals surface area contributed by atoms with E-state index in [9.17, 15) is 14.7 Å². The van der Waals surface area contributed by atoms with Gasteiger partial charge in [-0.3, -0.25) is 9.59 Å². The van der Waals surface area contributed by atoms with Crippen LogP contribution in [0.3, 0.4) is 0 Å². The van der Waals surface area contributed by atoms with Gasteiger partial charge in [0.05, 0.1) is 33.4 Å². The molecule has 2 aromatic heterocycles. The van der Waals surface area contributed by atoms with Crippen LogP contribution in [0.4, 0.5) is 11.6 Å². The minimum absolute atomic E-state index is 0.00172. The fraction of sp³-hybridized carbons (Fsp3) is 0.478. The number of benzene rings is 2. The fourth-order valence-electron chi connectivity index (χ4n) is 9.30. The van der Waals surface area contributed by atoms with Crippen LogP contribution in [0.25, 0.3) is 0 Å². The van der Waals surface area contributed by atoms with Gasteiger partial charge in [-0.2, -0.15) is 10.5 Å². The van der Waals surface area contributed by atoms with Gasteiger partial charge >= 0.3 is 0 Å². The van der Waals surface area contributed by atoms with Crippen molar-refractivity contribution >= 4 is 46.7 Å². The molecule has 64 heavy (non-hydrogen) atoms. The number of nitriles is 2. The molecule has 18 heteroatoms. The highest BCUT2D eigenvalue weighted by Crippen LogP contribution is 2.32. The second-order valence-electron chi connectivity index (χ2n) is 17.0. The molecule has 4 aliphatic rings. The lowest BCUT2D eigenvalue weighted by atomic mass is 9.80. The van der Waals surface area contributed by atoms with Gasteiger partial charge in [-0.1, -0.05) is 23.2 Å². The molecule has 2 aliphatic carbocycles. The molecule has 0 radical (unpaired) electrons. The van der Waals surface area contributed by atoms with E-state index in [0.29, 0.717) is 63.9 Å². The molecule has 2 saturated heterocycles. The lowest BCUT2D eigenvalue weighted by Gasteiger charge is -2.45. The molecular weight excluding hydrogens is 857 g/mol. The van der Waals surface area contributed by atoms with Crippen molar-refractivity contribution in [2.24, 2.45) is 11.8 Å². The van der Waals surface area contributed by atoms with Crippen molar-refractivity contribution in [2.75, 3.05) is 49.1 Å². The zero-order valence-corrected chi connectivity index (χ0v) is 36.8. The van der Waals surface area contributed by atoms with Gasteiger partial charge in [0.2, 0.25) is 0 Å². The predicted molar refractivity (Wildman–Crippen MR) is 240 cm³/mol. The first-order valence-corrected chi connectivity index (χ1v) is 22.8. The van der Waals surface area contributed by atoms with Gasteiger partial charge in [-0.05, 0) is 118 Å². The topological polar surface area (TPSA) is 215 Å². The SMILES string of the molecule is N#Cc1ccc(OC2CCC(NC(=O)c3ccc(N4CCNC(C5CN(c6ccc(C(=O)NC7CCC(Oc8ccc(C#N)c(Cl)c8)CC7)nn6)CCC5CO)C4)nn3)CC2)cc1Cl. The van der Waals surface area contributed by atoms with Crippen molar-refractivity contribution < 1.29 is 24.2 Å². The number of hydrogen-bond acceptors (Lipinski definition) is 14. The Labute approximate surface area is 382 Å². The number of aliphatic hydroxyl groups is 1. The number of carbonyl (C=O) groups is 2. The summed E-state index contributed by atoms with van der Waals surface area (Å²) in [5.74, 6) is 2.28. The van der Waals surface area contributed by atoms with Gasteiger partial charge in [-0.25, -0.2) is 0 Å². The fourth-order valence-corrected chi connectivity index (χ4v) is 9.72. The third kappa shape index (κ3) is 10.9. The van der Waals surface area contributed by atoms with Crippen molar-refractivity contribution in [1.82, 2.24) is 36.3 Å². The number of aliphatic hydroxyl groups excluding tert-OH is 1. The molecule has 2 amide bonds. The molecule has 4 heterocycles. The molecule has 3 unspecified atom stereocenters. The van der Waals surface area contributed by atoms with Gasteiger partial charge in [0, 0.05) is 69.6 Å². The van der Waals surface area contributed by atoms with E-state index in [2.05, 4.69) is 58.3 Å². The van der Waals surface area contributed by atoms with Crippen molar-refractivity contribution in [1.29, 1.82) is 10.5 Å². The maximum atomic E-state index is 13.2. The van der Waals surface area contributed by atoms with Crippen molar-refractivity contribution in [3.63, 3.8) is 0 Å². The van der Waals surface area contributed by atoms with E-state index < -0.39 is 0 Å². The number of rotatable bonds is 12. The standard InChI is InChI=1S/C46H51Cl2N11O5/c47-38-21-35(7-1-28(38)23-49)63-33-9-3-31(4-10-33)52-45(61)40-13-15-43(56-54-40)58-19-17-30(27-60)37(25-58)42-26-59(20-18-51-42)44-16-14-41(55-57-44)46(62)53-32-5-11-34(12-6-32)64-36-8-2-29(24-50)39(48)22-36/h1-2,7-8,13-16,21-22,30-34,37,42,51,60H,3-6,9-12,17-20,25-27H2,(H,52,61)(H,53,62). The molecule has 334 valence electrons. The van der Waals surface area contributed by atoms with E-state index in [4.69, 9.17) is 43.2 Å². The quantitative estimate of drug-likeness (QED) is 0.139. The van der Waals surface area contributed by atoms with Crippen LogP contribution in [0.15, 0.2) is 60.7 Å². The van der Waals surface area contributed by atoms with E-state index in [1.807, 2.05) is 12.1 Å².